The highest BCUT2D eigenvalue weighted by Crippen LogP contribution is 2.33. The van der Waals surface area contributed by atoms with Crippen LogP contribution in [-0.2, 0) is 12.8 Å². The van der Waals surface area contributed by atoms with Crippen molar-refractivity contribution in [2.24, 2.45) is 5.92 Å². The minimum Gasteiger partial charge on any atom is -0.497 e. The van der Waals surface area contributed by atoms with Gasteiger partial charge in [-0.15, -0.1) is 11.3 Å². The lowest BCUT2D eigenvalue weighted by Crippen LogP contribution is -2.09. The number of nitrogens with zero attached hydrogens (tertiary/aromatic N) is 2. The van der Waals surface area contributed by atoms with Crippen LogP contribution in [0.25, 0.3) is 11.6 Å². The third-order valence-electron chi connectivity index (χ3n) is 3.96. The fourth-order valence-electron chi connectivity index (χ4n) is 2.66. The summed E-state index contributed by atoms with van der Waals surface area (Å²) in [5.41, 5.74) is 2.81. The first-order valence-corrected chi connectivity index (χ1v) is 8.26. The summed E-state index contributed by atoms with van der Waals surface area (Å²) in [5, 5.41) is 10.3. The van der Waals surface area contributed by atoms with Gasteiger partial charge >= 0.3 is 0 Å². The minimum absolute atomic E-state index is 0.636. The fraction of sp³-hybridized carbons (Fsp3) is 0.333. The summed E-state index contributed by atoms with van der Waals surface area (Å²) in [6, 6.07) is 9.99. The standard InChI is InChI=1S/C18H18N2OS/c1-12-3-8-16-17(9-12)22-18(20-16)14(11-19)10-13-4-6-15(21-2)7-5-13/h4-7,10,12H,3,8-9H2,1-2H3/b14-10-. The van der Waals surface area contributed by atoms with Crippen LogP contribution >= 0.6 is 11.3 Å². The van der Waals surface area contributed by atoms with Gasteiger partial charge in [0.1, 0.15) is 16.8 Å². The van der Waals surface area contributed by atoms with Crippen molar-refractivity contribution in [2.75, 3.05) is 7.11 Å². The maximum absolute atomic E-state index is 9.48. The number of methoxy groups -OCH3 is 1. The quantitative estimate of drug-likeness (QED) is 0.792. The lowest BCUT2D eigenvalue weighted by molar-refractivity contribution is 0.415. The van der Waals surface area contributed by atoms with Gasteiger partial charge in [0.25, 0.3) is 0 Å². The van der Waals surface area contributed by atoms with Gasteiger partial charge in [-0.2, -0.15) is 5.26 Å². The van der Waals surface area contributed by atoms with Crippen LogP contribution in [0, 0.1) is 17.2 Å². The summed E-state index contributed by atoms with van der Waals surface area (Å²) in [5.74, 6) is 1.53. The topological polar surface area (TPSA) is 45.9 Å². The Bertz CT molecular complexity index is 737. The van der Waals surface area contributed by atoms with E-state index in [9.17, 15) is 5.26 Å². The van der Waals surface area contributed by atoms with Gasteiger partial charge in [0.05, 0.1) is 18.4 Å². The molecule has 0 fully saturated rings. The van der Waals surface area contributed by atoms with E-state index in [-0.39, 0.29) is 0 Å². The molecule has 0 amide bonds. The summed E-state index contributed by atoms with van der Waals surface area (Å²) in [4.78, 5) is 6.04. The summed E-state index contributed by atoms with van der Waals surface area (Å²) in [6.45, 7) is 2.28. The van der Waals surface area contributed by atoms with E-state index in [0.717, 1.165) is 35.1 Å². The van der Waals surface area contributed by atoms with E-state index in [0.29, 0.717) is 5.57 Å². The zero-order valence-electron chi connectivity index (χ0n) is 12.8. The van der Waals surface area contributed by atoms with Crippen LogP contribution in [-0.4, -0.2) is 12.1 Å². The molecular weight excluding hydrogens is 292 g/mol. The molecule has 0 N–H and O–H groups in total. The molecule has 0 saturated heterocycles. The highest BCUT2D eigenvalue weighted by Gasteiger charge is 2.20. The van der Waals surface area contributed by atoms with Gasteiger partial charge in [-0.1, -0.05) is 19.1 Å². The number of aromatic nitrogens is 1. The molecule has 3 nitrogen and oxygen atoms in total. The highest BCUT2D eigenvalue weighted by molar-refractivity contribution is 7.13. The zero-order valence-corrected chi connectivity index (χ0v) is 13.6. The minimum atomic E-state index is 0.636. The molecule has 1 heterocycles. The van der Waals surface area contributed by atoms with E-state index in [2.05, 4.69) is 18.0 Å². The summed E-state index contributed by atoms with van der Waals surface area (Å²) < 4.78 is 5.15. The van der Waals surface area contributed by atoms with Crippen molar-refractivity contribution in [3.8, 4) is 11.8 Å². The van der Waals surface area contributed by atoms with Crippen LogP contribution in [0.3, 0.4) is 0 Å². The van der Waals surface area contributed by atoms with Crippen LogP contribution in [0.5, 0.6) is 5.75 Å². The molecule has 22 heavy (non-hydrogen) atoms. The Balaban J connectivity index is 1.90. The van der Waals surface area contributed by atoms with Crippen molar-refractivity contribution < 1.29 is 4.74 Å². The molecule has 1 aromatic heterocycles. The van der Waals surface area contributed by atoms with Crippen molar-refractivity contribution in [3.63, 3.8) is 0 Å². The average molecular weight is 310 g/mol. The summed E-state index contributed by atoms with van der Waals surface area (Å²) in [7, 11) is 1.65. The molecule has 1 aliphatic rings. The number of rotatable bonds is 3. The molecule has 0 spiro atoms. The molecule has 1 aliphatic carbocycles. The molecular formula is C18H18N2OS. The van der Waals surface area contributed by atoms with Crippen LogP contribution < -0.4 is 4.74 Å². The second kappa shape index (κ2) is 6.33. The first-order chi connectivity index (χ1) is 10.7. The van der Waals surface area contributed by atoms with Crippen molar-refractivity contribution in [1.82, 2.24) is 4.98 Å². The predicted octanol–water partition coefficient (Wildman–Crippen LogP) is 4.34. The SMILES string of the molecule is COc1ccc(/C=C(/C#N)c2nc3c(s2)CC(C)CC3)cc1. The molecule has 0 bridgehead atoms. The molecule has 3 rings (SSSR count). The molecule has 0 saturated carbocycles. The van der Waals surface area contributed by atoms with Crippen LogP contribution in [0.1, 0.15) is 34.5 Å². The number of hydrogen-bond donors (Lipinski definition) is 0. The Morgan fingerprint density at radius 1 is 1.41 bits per heavy atom. The Morgan fingerprint density at radius 3 is 2.86 bits per heavy atom. The largest absolute Gasteiger partial charge is 0.497 e. The van der Waals surface area contributed by atoms with Crippen molar-refractivity contribution in [3.05, 3.63) is 45.4 Å². The number of allylic oxidation sites excluding steroid dienone is 1. The van der Waals surface area contributed by atoms with Crippen LogP contribution in [0.2, 0.25) is 0 Å². The van der Waals surface area contributed by atoms with Gasteiger partial charge in [-0.3, -0.25) is 0 Å². The smallest absolute Gasteiger partial charge is 0.134 e. The Hall–Kier alpha value is -2.12. The fourth-order valence-corrected chi connectivity index (χ4v) is 3.90. The Labute approximate surface area is 134 Å². The molecule has 0 radical (unpaired) electrons. The number of hydrogen-bond acceptors (Lipinski definition) is 4. The Morgan fingerprint density at radius 2 is 2.18 bits per heavy atom. The Kier molecular flexibility index (Phi) is 4.26. The molecule has 1 aromatic carbocycles. The van der Waals surface area contributed by atoms with E-state index < -0.39 is 0 Å². The monoisotopic (exact) mass is 310 g/mol. The lowest BCUT2D eigenvalue weighted by atomic mass is 9.93. The molecule has 0 aliphatic heterocycles. The number of ether oxygens (including phenoxy) is 1. The van der Waals surface area contributed by atoms with Gasteiger partial charge in [0, 0.05) is 4.88 Å². The number of thiazole rings is 1. The van der Waals surface area contributed by atoms with Crippen molar-refractivity contribution in [2.45, 2.75) is 26.2 Å². The van der Waals surface area contributed by atoms with Crippen LogP contribution in [0.15, 0.2) is 24.3 Å². The molecule has 112 valence electrons. The van der Waals surface area contributed by atoms with E-state index >= 15 is 0 Å². The molecule has 2 aromatic rings. The third-order valence-corrected chi connectivity index (χ3v) is 5.12. The van der Waals surface area contributed by atoms with Gasteiger partial charge in [-0.05, 0) is 49.0 Å². The number of nitriles is 1. The van der Waals surface area contributed by atoms with Crippen LogP contribution in [0.4, 0.5) is 0 Å². The van der Waals surface area contributed by atoms with Gasteiger partial charge in [0.15, 0.2) is 0 Å². The van der Waals surface area contributed by atoms with E-state index in [4.69, 9.17) is 4.74 Å². The highest BCUT2D eigenvalue weighted by atomic mass is 32.1. The summed E-state index contributed by atoms with van der Waals surface area (Å²) >= 11 is 1.67. The average Bonchev–Trinajstić information content (AvgIpc) is 2.96. The first kappa shape index (κ1) is 14.8. The molecule has 4 heteroatoms. The third kappa shape index (κ3) is 3.05. The van der Waals surface area contributed by atoms with Crippen molar-refractivity contribution in [1.29, 1.82) is 5.26 Å². The number of aryl methyl sites for hydroxylation is 1. The van der Waals surface area contributed by atoms with Gasteiger partial charge in [0.2, 0.25) is 0 Å². The normalized spacial score (nSPS) is 17.7. The second-order valence-corrected chi connectivity index (χ2v) is 6.76. The number of fused-ring (bicyclic) bond motifs is 1. The predicted molar refractivity (Wildman–Crippen MR) is 89.8 cm³/mol. The zero-order chi connectivity index (χ0) is 15.5. The van der Waals surface area contributed by atoms with E-state index in [1.165, 1.54) is 17.0 Å². The summed E-state index contributed by atoms with van der Waals surface area (Å²) in [6.07, 6.45) is 5.22. The van der Waals surface area contributed by atoms with Gasteiger partial charge < -0.3 is 4.74 Å². The molecule has 1 atom stereocenters. The first-order valence-electron chi connectivity index (χ1n) is 7.44. The van der Waals surface area contributed by atoms with E-state index in [1.807, 2.05) is 30.3 Å². The molecule has 1 unspecified atom stereocenters. The number of benzene rings is 1. The van der Waals surface area contributed by atoms with E-state index in [1.54, 1.807) is 18.4 Å². The lowest BCUT2D eigenvalue weighted by Gasteiger charge is -2.15. The van der Waals surface area contributed by atoms with Crippen molar-refractivity contribution >= 4 is 23.0 Å². The second-order valence-electron chi connectivity index (χ2n) is 5.68. The van der Waals surface area contributed by atoms with Gasteiger partial charge in [-0.25, -0.2) is 4.98 Å². The maximum atomic E-state index is 9.48. The maximum Gasteiger partial charge on any atom is 0.134 e.